The van der Waals surface area contributed by atoms with Crippen molar-refractivity contribution < 1.29 is 33.0 Å². The number of furan rings is 1. The zero-order chi connectivity index (χ0) is 28.4. The third-order valence-electron chi connectivity index (χ3n) is 9.55. The van der Waals surface area contributed by atoms with Crippen LogP contribution >= 0.6 is 0 Å². The third-order valence-corrected chi connectivity index (χ3v) is 9.55. The fourth-order valence-corrected chi connectivity index (χ4v) is 7.24. The van der Waals surface area contributed by atoms with Crippen molar-refractivity contribution in [3.8, 4) is 0 Å². The zero-order valence-electron chi connectivity index (χ0n) is 23.0. The number of hydrogen-bond donors (Lipinski definition) is 3. The lowest BCUT2D eigenvalue weighted by Gasteiger charge is -2.37. The van der Waals surface area contributed by atoms with E-state index in [9.17, 15) is 23.9 Å². The Balaban J connectivity index is 1.34. The van der Waals surface area contributed by atoms with E-state index in [1.807, 2.05) is 0 Å². The lowest BCUT2D eigenvalue weighted by Crippen LogP contribution is -2.50. The number of nitrogens with two attached hydrogens (primary N) is 1. The maximum absolute atomic E-state index is 13.9. The van der Waals surface area contributed by atoms with E-state index in [2.05, 4.69) is 5.32 Å². The predicted octanol–water partition coefficient (Wildman–Crippen LogP) is 4.60. The highest BCUT2D eigenvalue weighted by Crippen LogP contribution is 2.42. The number of carbonyl (C=O) groups is 3. The number of benzene rings is 1. The number of methoxy groups -OCH3 is 1. The number of fused-ring (bicyclic) bond motifs is 1. The number of halogens is 1. The Morgan fingerprint density at radius 2 is 1.82 bits per heavy atom. The highest BCUT2D eigenvalue weighted by Gasteiger charge is 2.47. The minimum absolute atomic E-state index is 0.0110. The average Bonchev–Trinajstić information content (AvgIpc) is 3.61. The highest BCUT2D eigenvalue weighted by molar-refractivity contribution is 6.00. The van der Waals surface area contributed by atoms with Crippen molar-refractivity contribution >= 4 is 34.4 Å². The molecule has 1 aromatic carbocycles. The number of carbonyl (C=O) groups excluding carboxylic acids is 2. The van der Waals surface area contributed by atoms with Crippen LogP contribution in [-0.4, -0.2) is 66.3 Å². The lowest BCUT2D eigenvalue weighted by atomic mass is 9.75. The molecule has 2 aliphatic carbocycles. The molecular weight excluding hydrogens is 517 g/mol. The molecule has 1 aromatic heterocycles. The smallest absolute Gasteiger partial charge is 0.371 e. The molecule has 2 aromatic rings. The van der Waals surface area contributed by atoms with Crippen LogP contribution in [0, 0.1) is 23.7 Å². The first-order chi connectivity index (χ1) is 19.3. The monoisotopic (exact) mass is 557 g/mol. The molecule has 2 saturated carbocycles. The summed E-state index contributed by atoms with van der Waals surface area (Å²) in [5, 5.41) is 12.8. The molecule has 1 aliphatic heterocycles. The van der Waals surface area contributed by atoms with Gasteiger partial charge in [0, 0.05) is 36.7 Å². The van der Waals surface area contributed by atoms with Crippen LogP contribution < -0.4 is 11.1 Å². The number of likely N-dealkylation sites (tertiary alicyclic amines) is 1. The molecule has 0 bridgehead atoms. The van der Waals surface area contributed by atoms with Crippen LogP contribution in [0.25, 0.3) is 11.0 Å². The molecule has 218 valence electrons. The summed E-state index contributed by atoms with van der Waals surface area (Å²) in [5.74, 6) is -1.25. The van der Waals surface area contributed by atoms with E-state index in [1.54, 1.807) is 30.2 Å². The van der Waals surface area contributed by atoms with E-state index in [0.29, 0.717) is 42.0 Å². The van der Waals surface area contributed by atoms with Gasteiger partial charge in [-0.2, -0.15) is 0 Å². The predicted molar refractivity (Wildman–Crippen MR) is 148 cm³/mol. The van der Waals surface area contributed by atoms with Gasteiger partial charge in [0.1, 0.15) is 18.3 Å². The van der Waals surface area contributed by atoms with Crippen molar-refractivity contribution in [1.29, 1.82) is 0 Å². The molecule has 3 aliphatic rings. The Kier molecular flexibility index (Phi) is 8.75. The van der Waals surface area contributed by atoms with Gasteiger partial charge < -0.3 is 30.2 Å². The first-order valence-corrected chi connectivity index (χ1v) is 14.5. The summed E-state index contributed by atoms with van der Waals surface area (Å²) >= 11 is 0. The quantitative estimate of drug-likeness (QED) is 0.432. The number of nitrogens with one attached hydrogen (secondary N) is 1. The molecule has 4 N–H and O–H groups in total. The van der Waals surface area contributed by atoms with E-state index in [1.165, 1.54) is 6.07 Å². The minimum Gasteiger partial charge on any atom is -0.475 e. The van der Waals surface area contributed by atoms with Crippen molar-refractivity contribution in [2.24, 2.45) is 29.4 Å². The number of amides is 2. The van der Waals surface area contributed by atoms with E-state index in [-0.39, 0.29) is 41.4 Å². The summed E-state index contributed by atoms with van der Waals surface area (Å²) in [6.07, 6.45) is 7.59. The molecule has 3 fully saturated rings. The van der Waals surface area contributed by atoms with Crippen molar-refractivity contribution in [1.82, 2.24) is 4.90 Å². The van der Waals surface area contributed by atoms with Crippen LogP contribution in [0.3, 0.4) is 0 Å². The molecule has 2 amide bonds. The van der Waals surface area contributed by atoms with E-state index < -0.39 is 24.7 Å². The summed E-state index contributed by atoms with van der Waals surface area (Å²) in [6, 6.07) is 5.38. The maximum Gasteiger partial charge on any atom is 0.371 e. The Bertz CT molecular complexity index is 1220. The van der Waals surface area contributed by atoms with Crippen molar-refractivity contribution in [2.75, 3.05) is 25.6 Å². The molecule has 2 heterocycles. The molecule has 1 saturated heterocycles. The maximum atomic E-state index is 13.9. The Hall–Kier alpha value is -2.98. The SMILES string of the molecule is COC1CCC(C2CCN(C(=O)C3CCC([C@H](N)CF)CC3)[C@@H]2C(=O)Nc2ccc3oc(C(=O)O)cc3c2)CC1. The fourth-order valence-electron chi connectivity index (χ4n) is 7.24. The van der Waals surface area contributed by atoms with Crippen LogP contribution in [0.4, 0.5) is 10.1 Å². The fraction of sp³-hybridized carbons (Fsp3) is 0.633. The van der Waals surface area contributed by atoms with Gasteiger partial charge in [-0.05, 0) is 99.8 Å². The number of hydrogen-bond acceptors (Lipinski definition) is 6. The molecule has 1 unspecified atom stereocenters. The standard InChI is InChI=1S/C30H40FN3O6/c1-39-22-9-6-17(7-10-22)23-12-13-34(29(36)19-4-2-18(3-5-19)24(32)16-31)27(23)28(35)33-21-8-11-25-20(14-21)15-26(40-25)30(37)38/h8,11,14-15,17-19,22-24,27H,2-7,9-10,12-13,16,32H2,1H3,(H,33,35)(H,37,38)/t17?,18?,19?,22?,23?,24-,27+/m1/s1. The third kappa shape index (κ3) is 5.88. The summed E-state index contributed by atoms with van der Waals surface area (Å²) in [7, 11) is 1.74. The molecular formula is C30H40FN3O6. The first-order valence-electron chi connectivity index (χ1n) is 14.5. The minimum atomic E-state index is -1.16. The molecule has 0 radical (unpaired) electrons. The van der Waals surface area contributed by atoms with Crippen molar-refractivity contribution in [3.05, 3.63) is 30.0 Å². The van der Waals surface area contributed by atoms with Crippen LogP contribution in [-0.2, 0) is 14.3 Å². The number of rotatable bonds is 8. The topological polar surface area (TPSA) is 135 Å². The van der Waals surface area contributed by atoms with Gasteiger partial charge in [-0.25, -0.2) is 9.18 Å². The number of nitrogens with zero attached hydrogens (tertiary/aromatic N) is 1. The van der Waals surface area contributed by atoms with E-state index in [0.717, 1.165) is 44.9 Å². The van der Waals surface area contributed by atoms with Crippen LogP contribution in [0.2, 0.25) is 0 Å². The second kappa shape index (κ2) is 12.3. The highest BCUT2D eigenvalue weighted by atomic mass is 19.1. The van der Waals surface area contributed by atoms with Gasteiger partial charge in [0.15, 0.2) is 0 Å². The Morgan fingerprint density at radius 1 is 1.10 bits per heavy atom. The first kappa shape index (κ1) is 28.5. The van der Waals surface area contributed by atoms with E-state index >= 15 is 0 Å². The van der Waals surface area contributed by atoms with Crippen LogP contribution in [0.1, 0.15) is 68.3 Å². The van der Waals surface area contributed by atoms with Gasteiger partial charge in [0.05, 0.1) is 6.10 Å². The molecule has 5 rings (SSSR count). The number of carboxylic acid groups (broad SMARTS) is 1. The Morgan fingerprint density at radius 3 is 2.48 bits per heavy atom. The summed E-state index contributed by atoms with van der Waals surface area (Å²) in [6.45, 7) is -0.00860. The molecule has 9 nitrogen and oxygen atoms in total. The summed E-state index contributed by atoms with van der Waals surface area (Å²) < 4.78 is 24.0. The van der Waals surface area contributed by atoms with E-state index in [4.69, 9.17) is 14.9 Å². The largest absolute Gasteiger partial charge is 0.475 e. The second-order valence-electron chi connectivity index (χ2n) is 11.8. The lowest BCUT2D eigenvalue weighted by molar-refractivity contribution is -0.142. The summed E-state index contributed by atoms with van der Waals surface area (Å²) in [5.41, 5.74) is 6.88. The molecule has 3 atom stereocenters. The number of carboxylic acids is 1. The van der Waals surface area contributed by atoms with Gasteiger partial charge in [0.25, 0.3) is 0 Å². The Labute approximate surface area is 233 Å². The number of alkyl halides is 1. The summed E-state index contributed by atoms with van der Waals surface area (Å²) in [4.78, 5) is 40.8. The zero-order valence-corrected chi connectivity index (χ0v) is 23.0. The molecule has 40 heavy (non-hydrogen) atoms. The van der Waals surface area contributed by atoms with Gasteiger partial charge in [-0.15, -0.1) is 0 Å². The second-order valence-corrected chi connectivity index (χ2v) is 11.8. The van der Waals surface area contributed by atoms with Crippen molar-refractivity contribution in [3.63, 3.8) is 0 Å². The van der Waals surface area contributed by atoms with Gasteiger partial charge in [-0.3, -0.25) is 9.59 Å². The molecule has 10 heteroatoms. The average molecular weight is 558 g/mol. The molecule has 0 spiro atoms. The number of anilines is 1. The number of ether oxygens (including phenoxy) is 1. The van der Waals surface area contributed by atoms with Crippen LogP contribution in [0.15, 0.2) is 28.7 Å². The van der Waals surface area contributed by atoms with Gasteiger partial charge in [0.2, 0.25) is 17.6 Å². The van der Waals surface area contributed by atoms with Crippen molar-refractivity contribution in [2.45, 2.75) is 76.0 Å². The van der Waals surface area contributed by atoms with Crippen LogP contribution in [0.5, 0.6) is 0 Å². The van der Waals surface area contributed by atoms with Gasteiger partial charge in [-0.1, -0.05) is 0 Å². The number of aromatic carboxylic acids is 1. The van der Waals surface area contributed by atoms with Gasteiger partial charge >= 0.3 is 5.97 Å². The normalized spacial score (nSPS) is 29.8.